The SMILES string of the molecule is CCCC[C@H]1C(=O)[C@]2(C)c3ccccc3[C@@]3(c4ccccc4)C=C(C)C(=O)[C@H]2[C@@H]13. The van der Waals surface area contributed by atoms with Crippen LogP contribution in [0.2, 0.25) is 0 Å². The van der Waals surface area contributed by atoms with Gasteiger partial charge in [0.1, 0.15) is 5.78 Å². The smallest absolute Gasteiger partial charge is 0.163 e. The maximum Gasteiger partial charge on any atom is 0.163 e. The highest BCUT2D eigenvalue weighted by Gasteiger charge is 2.71. The molecule has 0 saturated heterocycles. The normalized spacial score (nSPS) is 34.7. The Labute approximate surface area is 173 Å². The summed E-state index contributed by atoms with van der Waals surface area (Å²) in [6, 6.07) is 18.9. The van der Waals surface area contributed by atoms with Crippen LogP contribution in [0.5, 0.6) is 0 Å². The first-order chi connectivity index (χ1) is 14.0. The number of hydrogen-bond acceptors (Lipinski definition) is 2. The lowest BCUT2D eigenvalue weighted by Crippen LogP contribution is -2.54. The fourth-order valence-electron chi connectivity index (χ4n) is 6.79. The van der Waals surface area contributed by atoms with E-state index < -0.39 is 10.8 Å². The molecule has 29 heavy (non-hydrogen) atoms. The van der Waals surface area contributed by atoms with Crippen molar-refractivity contribution >= 4 is 11.6 Å². The molecule has 4 bridgehead atoms. The summed E-state index contributed by atoms with van der Waals surface area (Å²) in [7, 11) is 0. The molecule has 0 heterocycles. The molecule has 2 aromatic carbocycles. The number of allylic oxidation sites excluding steroid dienone is 2. The second-order valence-corrected chi connectivity index (χ2v) is 9.29. The quantitative estimate of drug-likeness (QED) is 0.708. The molecule has 2 nitrogen and oxygen atoms in total. The third kappa shape index (κ3) is 2.12. The van der Waals surface area contributed by atoms with Crippen molar-refractivity contribution in [2.45, 2.75) is 50.9 Å². The van der Waals surface area contributed by atoms with Crippen LogP contribution in [0.15, 0.2) is 66.2 Å². The van der Waals surface area contributed by atoms with Crippen LogP contribution < -0.4 is 0 Å². The summed E-state index contributed by atoms with van der Waals surface area (Å²) in [4.78, 5) is 27.5. The second-order valence-electron chi connectivity index (χ2n) is 9.29. The minimum atomic E-state index is -0.718. The molecule has 2 aromatic rings. The second kappa shape index (κ2) is 6.26. The van der Waals surface area contributed by atoms with Gasteiger partial charge in [0.2, 0.25) is 0 Å². The first kappa shape index (κ1) is 18.5. The van der Waals surface area contributed by atoms with Crippen molar-refractivity contribution in [2.75, 3.05) is 0 Å². The van der Waals surface area contributed by atoms with E-state index in [4.69, 9.17) is 0 Å². The molecular weight excluding hydrogens is 356 g/mol. The van der Waals surface area contributed by atoms with Gasteiger partial charge in [-0.3, -0.25) is 9.59 Å². The maximum absolute atomic E-state index is 14.0. The Morgan fingerprint density at radius 2 is 1.59 bits per heavy atom. The molecule has 0 amide bonds. The lowest BCUT2D eigenvalue weighted by atomic mass is 9.48. The molecule has 0 aromatic heterocycles. The van der Waals surface area contributed by atoms with Gasteiger partial charge in [-0.05, 0) is 48.4 Å². The molecule has 0 radical (unpaired) electrons. The Morgan fingerprint density at radius 1 is 0.931 bits per heavy atom. The number of fused-ring (bicyclic) bond motifs is 3. The summed E-state index contributed by atoms with van der Waals surface area (Å²) in [5.74, 6) is 0.108. The number of benzene rings is 2. The lowest BCUT2D eigenvalue weighted by Gasteiger charge is -2.52. The zero-order valence-corrected chi connectivity index (χ0v) is 17.4. The monoisotopic (exact) mass is 384 g/mol. The first-order valence-corrected chi connectivity index (χ1v) is 10.9. The summed E-state index contributed by atoms with van der Waals surface area (Å²) >= 11 is 0. The van der Waals surface area contributed by atoms with Gasteiger partial charge in [-0.25, -0.2) is 0 Å². The van der Waals surface area contributed by atoms with Crippen molar-refractivity contribution in [1.29, 1.82) is 0 Å². The number of hydrogen-bond donors (Lipinski definition) is 0. The molecule has 5 atom stereocenters. The molecule has 0 unspecified atom stereocenters. The number of Topliss-reactive ketones (excluding diaryl/α,β-unsaturated/α-hetero) is 2. The van der Waals surface area contributed by atoms with Crippen molar-refractivity contribution in [3.63, 3.8) is 0 Å². The molecule has 0 N–H and O–H groups in total. The summed E-state index contributed by atoms with van der Waals surface area (Å²) in [5.41, 5.74) is 3.16. The summed E-state index contributed by atoms with van der Waals surface area (Å²) < 4.78 is 0. The van der Waals surface area contributed by atoms with Gasteiger partial charge in [0.15, 0.2) is 5.78 Å². The summed E-state index contributed by atoms with van der Waals surface area (Å²) in [6.07, 6.45) is 5.15. The number of ketones is 2. The topological polar surface area (TPSA) is 34.1 Å². The van der Waals surface area contributed by atoms with Crippen LogP contribution in [-0.2, 0) is 20.4 Å². The Bertz CT molecular complexity index is 1030. The largest absolute Gasteiger partial charge is 0.298 e. The molecule has 1 fully saturated rings. The van der Waals surface area contributed by atoms with E-state index in [2.05, 4.69) is 55.5 Å². The highest BCUT2D eigenvalue weighted by atomic mass is 16.1. The zero-order valence-electron chi connectivity index (χ0n) is 17.4. The molecule has 1 saturated carbocycles. The number of carbonyl (C=O) groups is 2. The highest BCUT2D eigenvalue weighted by molar-refractivity contribution is 6.10. The lowest BCUT2D eigenvalue weighted by molar-refractivity contribution is -0.129. The molecule has 148 valence electrons. The van der Waals surface area contributed by atoms with Crippen molar-refractivity contribution in [3.8, 4) is 0 Å². The third-order valence-corrected chi connectivity index (χ3v) is 7.96. The van der Waals surface area contributed by atoms with Gasteiger partial charge in [-0.15, -0.1) is 0 Å². The highest BCUT2D eigenvalue weighted by Crippen LogP contribution is 2.67. The molecule has 3 aliphatic rings. The van der Waals surface area contributed by atoms with Crippen LogP contribution in [0, 0.1) is 17.8 Å². The first-order valence-electron chi connectivity index (χ1n) is 10.9. The van der Waals surface area contributed by atoms with Gasteiger partial charge in [0.25, 0.3) is 0 Å². The van der Waals surface area contributed by atoms with E-state index >= 15 is 0 Å². The number of unbranched alkanes of at least 4 members (excludes halogenated alkanes) is 1. The van der Waals surface area contributed by atoms with Crippen LogP contribution in [0.25, 0.3) is 0 Å². The van der Waals surface area contributed by atoms with Gasteiger partial charge in [-0.2, -0.15) is 0 Å². The van der Waals surface area contributed by atoms with E-state index in [9.17, 15) is 9.59 Å². The van der Waals surface area contributed by atoms with Crippen LogP contribution in [-0.4, -0.2) is 11.6 Å². The zero-order chi connectivity index (χ0) is 20.4. The van der Waals surface area contributed by atoms with Crippen LogP contribution in [0.3, 0.4) is 0 Å². The maximum atomic E-state index is 14.0. The molecule has 0 spiro atoms. The predicted molar refractivity (Wildman–Crippen MR) is 115 cm³/mol. The van der Waals surface area contributed by atoms with Gasteiger partial charge >= 0.3 is 0 Å². The summed E-state index contributed by atoms with van der Waals surface area (Å²) in [6.45, 7) is 6.16. The van der Waals surface area contributed by atoms with E-state index in [-0.39, 0.29) is 29.3 Å². The third-order valence-electron chi connectivity index (χ3n) is 7.96. The van der Waals surface area contributed by atoms with Crippen LogP contribution in [0.1, 0.15) is 56.7 Å². The Morgan fingerprint density at radius 3 is 2.28 bits per heavy atom. The van der Waals surface area contributed by atoms with Crippen LogP contribution in [0.4, 0.5) is 0 Å². The average molecular weight is 385 g/mol. The standard InChI is InChI=1S/C27H28O2/c1-4-5-13-19-22-23-24(28)17(2)16-27(22,18-11-7-6-8-12-18)21-15-10-9-14-20(21)26(23,3)25(19)29/h6-12,14-16,19,22-23H,4-5,13H2,1-3H3/t19-,22-,23-,26-,27+/m1/s1. The van der Waals surface area contributed by atoms with Crippen molar-refractivity contribution in [1.82, 2.24) is 0 Å². The Hall–Kier alpha value is -2.48. The van der Waals surface area contributed by atoms with Gasteiger partial charge in [0, 0.05) is 17.3 Å². The van der Waals surface area contributed by atoms with Crippen molar-refractivity contribution in [2.24, 2.45) is 17.8 Å². The molecule has 0 aliphatic heterocycles. The van der Waals surface area contributed by atoms with E-state index in [1.54, 1.807) is 0 Å². The van der Waals surface area contributed by atoms with Crippen LogP contribution >= 0.6 is 0 Å². The van der Waals surface area contributed by atoms with E-state index in [0.717, 1.165) is 30.4 Å². The number of rotatable bonds is 4. The fraction of sp³-hybridized carbons (Fsp3) is 0.407. The van der Waals surface area contributed by atoms with E-state index in [1.165, 1.54) is 11.1 Å². The predicted octanol–water partition coefficient (Wildman–Crippen LogP) is 5.39. The van der Waals surface area contributed by atoms with E-state index in [1.807, 2.05) is 26.0 Å². The Balaban J connectivity index is 1.90. The Kier molecular flexibility index (Phi) is 4.00. The fourth-order valence-corrected chi connectivity index (χ4v) is 6.79. The van der Waals surface area contributed by atoms with Gasteiger partial charge in [-0.1, -0.05) is 80.4 Å². The van der Waals surface area contributed by atoms with Crippen molar-refractivity contribution < 1.29 is 9.59 Å². The summed E-state index contributed by atoms with van der Waals surface area (Å²) in [5, 5.41) is 0. The molecule has 5 rings (SSSR count). The number of carbonyl (C=O) groups excluding carboxylic acids is 2. The molecular formula is C27H28O2. The van der Waals surface area contributed by atoms with Gasteiger partial charge < -0.3 is 0 Å². The minimum absolute atomic E-state index is 0.0000463. The molecule has 3 aliphatic carbocycles. The molecule has 2 heteroatoms. The minimum Gasteiger partial charge on any atom is -0.298 e. The van der Waals surface area contributed by atoms with E-state index in [0.29, 0.717) is 0 Å². The van der Waals surface area contributed by atoms with Crippen molar-refractivity contribution in [3.05, 3.63) is 82.9 Å². The average Bonchev–Trinajstić information content (AvgIpc) is 2.95. The van der Waals surface area contributed by atoms with Gasteiger partial charge in [0.05, 0.1) is 5.41 Å².